The van der Waals surface area contributed by atoms with Gasteiger partial charge in [0.1, 0.15) is 6.29 Å². The van der Waals surface area contributed by atoms with E-state index in [1.165, 1.54) is 0 Å². The molecule has 0 aromatic rings. The van der Waals surface area contributed by atoms with Crippen LogP contribution in [0.4, 0.5) is 0 Å². The van der Waals surface area contributed by atoms with Crippen molar-refractivity contribution in [2.24, 2.45) is 5.73 Å². The summed E-state index contributed by atoms with van der Waals surface area (Å²) in [5.41, 5.74) is 5.02. The molecule has 0 aliphatic heterocycles. The van der Waals surface area contributed by atoms with Crippen molar-refractivity contribution in [3.05, 3.63) is 0 Å². The second-order valence-electron chi connectivity index (χ2n) is 3.86. The number of carboxylic acid groups (broad SMARTS) is 2. The van der Waals surface area contributed by atoms with Gasteiger partial charge in [-0.3, -0.25) is 9.59 Å². The summed E-state index contributed by atoms with van der Waals surface area (Å²) in [6.07, 6.45) is 1.37. The fourth-order valence-electron chi connectivity index (χ4n) is 1.43. The third-order valence-electron chi connectivity index (χ3n) is 2.43. The zero-order chi connectivity index (χ0) is 12.6. The third-order valence-corrected chi connectivity index (χ3v) is 2.43. The van der Waals surface area contributed by atoms with Gasteiger partial charge in [-0.25, -0.2) is 0 Å². The number of rotatable bonds is 9. The lowest BCUT2D eigenvalue weighted by Gasteiger charge is -2.27. The van der Waals surface area contributed by atoms with E-state index in [1.54, 1.807) is 0 Å². The maximum atomic E-state index is 10.4. The number of hydrogen-bond acceptors (Lipinski definition) is 4. The predicted octanol–water partition coefficient (Wildman–Crippen LogP) is 0.393. The Morgan fingerprint density at radius 2 is 1.50 bits per heavy atom. The standard InChI is InChI=1S/C10H17NO5/c11-10(4-1-7-12,5-2-8(13)14)6-3-9(15)16/h7H,1-6,11H2,(H,13,14)(H,15,16). The Labute approximate surface area is 93.4 Å². The van der Waals surface area contributed by atoms with Crippen molar-refractivity contribution in [1.82, 2.24) is 0 Å². The normalized spacial score (nSPS) is 11.1. The van der Waals surface area contributed by atoms with Crippen LogP contribution in [0.5, 0.6) is 0 Å². The Balaban J connectivity index is 4.27. The van der Waals surface area contributed by atoms with Crippen LogP contribution in [0.25, 0.3) is 0 Å². The Morgan fingerprint density at radius 1 is 1.06 bits per heavy atom. The maximum Gasteiger partial charge on any atom is 0.303 e. The van der Waals surface area contributed by atoms with Crippen molar-refractivity contribution >= 4 is 18.2 Å². The number of carbonyl (C=O) groups excluding carboxylic acids is 1. The zero-order valence-corrected chi connectivity index (χ0v) is 9.02. The first-order chi connectivity index (χ1) is 7.39. The lowest BCUT2D eigenvalue weighted by molar-refractivity contribution is -0.137. The number of nitrogens with two attached hydrogens (primary N) is 1. The molecule has 16 heavy (non-hydrogen) atoms. The summed E-state index contributed by atoms with van der Waals surface area (Å²) in [5, 5.41) is 17.1. The van der Waals surface area contributed by atoms with Gasteiger partial charge in [-0.05, 0) is 19.3 Å². The van der Waals surface area contributed by atoms with Crippen molar-refractivity contribution in [3.63, 3.8) is 0 Å². The first-order valence-corrected chi connectivity index (χ1v) is 5.06. The molecule has 6 nitrogen and oxygen atoms in total. The van der Waals surface area contributed by atoms with Crippen molar-refractivity contribution < 1.29 is 24.6 Å². The molecule has 0 bridgehead atoms. The van der Waals surface area contributed by atoms with Crippen LogP contribution < -0.4 is 5.73 Å². The number of carboxylic acids is 2. The molecule has 0 aromatic heterocycles. The Kier molecular flexibility index (Phi) is 6.32. The molecule has 0 aliphatic carbocycles. The van der Waals surface area contributed by atoms with E-state index in [1.807, 2.05) is 0 Å². The number of hydrogen-bond donors (Lipinski definition) is 3. The topological polar surface area (TPSA) is 118 Å². The predicted molar refractivity (Wildman–Crippen MR) is 56.0 cm³/mol. The van der Waals surface area contributed by atoms with Crippen molar-refractivity contribution in [2.45, 2.75) is 44.1 Å². The van der Waals surface area contributed by atoms with E-state index >= 15 is 0 Å². The minimum atomic E-state index is -0.976. The second kappa shape index (κ2) is 6.95. The highest BCUT2D eigenvalue weighted by Crippen LogP contribution is 2.22. The Morgan fingerprint density at radius 3 is 1.81 bits per heavy atom. The molecule has 0 atom stereocenters. The van der Waals surface area contributed by atoms with Crippen LogP contribution in [0.15, 0.2) is 0 Å². The number of aliphatic carboxylic acids is 2. The fourth-order valence-corrected chi connectivity index (χ4v) is 1.43. The summed E-state index contributed by atoms with van der Waals surface area (Å²) >= 11 is 0. The van der Waals surface area contributed by atoms with Gasteiger partial charge in [0.15, 0.2) is 0 Å². The van der Waals surface area contributed by atoms with E-state index in [0.717, 1.165) is 0 Å². The molecule has 0 aliphatic rings. The Hall–Kier alpha value is -1.43. The summed E-state index contributed by atoms with van der Waals surface area (Å²) in [7, 11) is 0. The molecule has 0 amide bonds. The van der Waals surface area contributed by atoms with Crippen LogP contribution in [0, 0.1) is 0 Å². The molecule has 0 heterocycles. The summed E-state index contributed by atoms with van der Waals surface area (Å²) < 4.78 is 0. The van der Waals surface area contributed by atoms with Crippen molar-refractivity contribution in [1.29, 1.82) is 0 Å². The highest BCUT2D eigenvalue weighted by atomic mass is 16.4. The number of carbonyl (C=O) groups is 3. The lowest BCUT2D eigenvalue weighted by atomic mass is 9.85. The van der Waals surface area contributed by atoms with Crippen LogP contribution in [-0.2, 0) is 14.4 Å². The molecule has 4 N–H and O–H groups in total. The molecule has 0 spiro atoms. The van der Waals surface area contributed by atoms with Gasteiger partial charge in [-0.2, -0.15) is 0 Å². The molecular weight excluding hydrogens is 214 g/mol. The molecule has 0 unspecified atom stereocenters. The molecule has 0 fully saturated rings. The average Bonchev–Trinajstić information content (AvgIpc) is 2.21. The highest BCUT2D eigenvalue weighted by Gasteiger charge is 2.26. The lowest BCUT2D eigenvalue weighted by Crippen LogP contribution is -2.41. The van der Waals surface area contributed by atoms with Gasteiger partial charge < -0.3 is 20.7 Å². The third kappa shape index (κ3) is 6.94. The zero-order valence-electron chi connectivity index (χ0n) is 9.02. The van der Waals surface area contributed by atoms with Crippen LogP contribution in [-0.4, -0.2) is 34.0 Å². The molecular formula is C10H17NO5. The first-order valence-electron chi connectivity index (χ1n) is 5.06. The monoisotopic (exact) mass is 231 g/mol. The van der Waals surface area contributed by atoms with Crippen LogP contribution in [0.1, 0.15) is 38.5 Å². The smallest absolute Gasteiger partial charge is 0.303 e. The summed E-state index contributed by atoms with van der Waals surface area (Å²) in [6, 6.07) is 0. The van der Waals surface area contributed by atoms with Crippen LogP contribution in [0.3, 0.4) is 0 Å². The van der Waals surface area contributed by atoms with Gasteiger partial charge in [-0.1, -0.05) is 0 Å². The minimum Gasteiger partial charge on any atom is -0.481 e. The molecule has 0 saturated heterocycles. The van der Waals surface area contributed by atoms with Gasteiger partial charge in [0, 0.05) is 24.8 Å². The van der Waals surface area contributed by atoms with E-state index in [4.69, 9.17) is 15.9 Å². The van der Waals surface area contributed by atoms with Crippen LogP contribution in [0.2, 0.25) is 0 Å². The molecule has 0 radical (unpaired) electrons. The maximum absolute atomic E-state index is 10.4. The van der Waals surface area contributed by atoms with E-state index in [-0.39, 0.29) is 32.1 Å². The first kappa shape index (κ1) is 14.6. The molecule has 6 heteroatoms. The van der Waals surface area contributed by atoms with Gasteiger partial charge in [0.05, 0.1) is 0 Å². The molecule has 0 aromatic carbocycles. The van der Waals surface area contributed by atoms with E-state index < -0.39 is 17.5 Å². The van der Waals surface area contributed by atoms with Crippen LogP contribution >= 0.6 is 0 Å². The van der Waals surface area contributed by atoms with Gasteiger partial charge in [-0.15, -0.1) is 0 Å². The second-order valence-corrected chi connectivity index (χ2v) is 3.86. The van der Waals surface area contributed by atoms with Crippen molar-refractivity contribution in [3.8, 4) is 0 Å². The average molecular weight is 231 g/mol. The van der Waals surface area contributed by atoms with E-state index in [2.05, 4.69) is 0 Å². The number of aldehydes is 1. The molecule has 0 rings (SSSR count). The minimum absolute atomic E-state index is 0.116. The van der Waals surface area contributed by atoms with E-state index in [0.29, 0.717) is 12.7 Å². The van der Waals surface area contributed by atoms with Gasteiger partial charge in [0.25, 0.3) is 0 Å². The largest absolute Gasteiger partial charge is 0.481 e. The SMILES string of the molecule is NC(CCC=O)(CCC(=O)O)CCC(=O)O. The highest BCUT2D eigenvalue weighted by molar-refractivity contribution is 5.67. The van der Waals surface area contributed by atoms with Gasteiger partial charge in [0.2, 0.25) is 0 Å². The molecule has 92 valence electrons. The van der Waals surface area contributed by atoms with Gasteiger partial charge >= 0.3 is 11.9 Å². The van der Waals surface area contributed by atoms with Crippen molar-refractivity contribution in [2.75, 3.05) is 0 Å². The summed E-state index contributed by atoms with van der Waals surface area (Å²) in [5.74, 6) is -1.95. The quantitative estimate of drug-likeness (QED) is 0.494. The fraction of sp³-hybridized carbons (Fsp3) is 0.700. The summed E-state index contributed by atoms with van der Waals surface area (Å²) in [4.78, 5) is 31.1. The van der Waals surface area contributed by atoms with E-state index in [9.17, 15) is 14.4 Å². The molecule has 0 saturated carbocycles. The Bertz CT molecular complexity index is 246. The summed E-state index contributed by atoms with van der Waals surface area (Å²) in [6.45, 7) is 0.